The highest BCUT2D eigenvalue weighted by Crippen LogP contribution is 2.34. The number of nitrogens with zero attached hydrogens (tertiary/aromatic N) is 3. The van der Waals surface area contributed by atoms with Crippen molar-refractivity contribution in [1.29, 1.82) is 0 Å². The lowest BCUT2D eigenvalue weighted by atomic mass is 9.89. The van der Waals surface area contributed by atoms with Crippen molar-refractivity contribution >= 4 is 34.5 Å². The molecule has 3 nitrogen and oxygen atoms in total. The summed E-state index contributed by atoms with van der Waals surface area (Å²) in [4.78, 5) is 5.95. The summed E-state index contributed by atoms with van der Waals surface area (Å²) in [6.07, 6.45) is 8.66. The Labute approximate surface area is 170 Å². The lowest BCUT2D eigenvalue weighted by molar-refractivity contribution is 0.311. The van der Waals surface area contributed by atoms with Crippen molar-refractivity contribution < 1.29 is 0 Å². The second kappa shape index (κ2) is 7.44. The molecule has 2 heterocycles. The molecule has 1 aliphatic rings. The van der Waals surface area contributed by atoms with Gasteiger partial charge in [0.05, 0.1) is 10.0 Å². The maximum absolute atomic E-state index is 5.83. The topological polar surface area (TPSA) is 30.7 Å². The second-order valence-electron chi connectivity index (χ2n) is 8.66. The maximum Gasteiger partial charge on any atom is 0.145 e. The third kappa shape index (κ3) is 3.85. The predicted molar refractivity (Wildman–Crippen MR) is 117 cm³/mol. The Hall–Kier alpha value is -1.59. The van der Waals surface area contributed by atoms with Gasteiger partial charge in [-0.05, 0) is 30.2 Å². The molecule has 0 saturated heterocycles. The Kier molecular flexibility index (Phi) is 5.17. The van der Waals surface area contributed by atoms with Crippen molar-refractivity contribution in [2.24, 2.45) is 5.92 Å². The molecule has 1 aromatic carbocycles. The van der Waals surface area contributed by atoms with E-state index in [1.54, 1.807) is 11.3 Å². The van der Waals surface area contributed by atoms with Crippen molar-refractivity contribution in [1.82, 2.24) is 14.8 Å². The predicted octanol–water partition coefficient (Wildman–Crippen LogP) is 6.77. The van der Waals surface area contributed by atoms with E-state index in [1.807, 2.05) is 6.20 Å². The molecule has 0 spiro atoms. The van der Waals surface area contributed by atoms with E-state index in [9.17, 15) is 0 Å². The minimum atomic E-state index is 0.0897. The molecule has 4 rings (SSSR count). The number of hydrogen-bond donors (Lipinski definition) is 0. The Balaban J connectivity index is 1.82. The Morgan fingerprint density at radius 1 is 1.15 bits per heavy atom. The molecule has 27 heavy (non-hydrogen) atoms. The van der Waals surface area contributed by atoms with E-state index in [0.717, 1.165) is 32.7 Å². The van der Waals surface area contributed by atoms with Crippen molar-refractivity contribution in [3.8, 4) is 10.7 Å². The summed E-state index contributed by atoms with van der Waals surface area (Å²) in [5.74, 6) is 0.713. The third-order valence-electron chi connectivity index (χ3n) is 5.47. The zero-order valence-corrected chi connectivity index (χ0v) is 18.0. The molecule has 1 fully saturated rings. The summed E-state index contributed by atoms with van der Waals surface area (Å²) in [6, 6.07) is 8.41. The molecule has 0 amide bonds. The molecule has 0 atom stereocenters. The van der Waals surface area contributed by atoms with Crippen LogP contribution in [-0.4, -0.2) is 14.8 Å². The minimum Gasteiger partial charge on any atom is -0.264 e. The van der Waals surface area contributed by atoms with E-state index < -0.39 is 0 Å². The number of benzene rings is 1. The Morgan fingerprint density at radius 2 is 1.89 bits per heavy atom. The lowest BCUT2D eigenvalue weighted by Gasteiger charge is -2.23. The summed E-state index contributed by atoms with van der Waals surface area (Å²) >= 11 is 7.55. The van der Waals surface area contributed by atoms with Crippen LogP contribution in [0.2, 0.25) is 0 Å². The molecule has 0 unspecified atom stereocenters. The largest absolute Gasteiger partial charge is 0.264 e. The molecule has 0 N–H and O–H groups in total. The summed E-state index contributed by atoms with van der Waals surface area (Å²) < 4.78 is 3.01. The van der Waals surface area contributed by atoms with Crippen LogP contribution < -0.4 is 0 Å². The lowest BCUT2D eigenvalue weighted by Crippen LogP contribution is -2.17. The molecular weight excluding hydrogens is 370 g/mol. The molecule has 2 aromatic heterocycles. The van der Waals surface area contributed by atoms with E-state index in [1.165, 1.54) is 37.0 Å². The van der Waals surface area contributed by atoms with Crippen LogP contribution in [0, 0.1) is 10.4 Å². The molecule has 0 radical (unpaired) electrons. The van der Waals surface area contributed by atoms with E-state index >= 15 is 0 Å². The van der Waals surface area contributed by atoms with Gasteiger partial charge in [0.2, 0.25) is 0 Å². The number of rotatable bonds is 3. The fraction of sp³-hybridized carbons (Fsp3) is 0.500. The molecule has 0 bridgehead atoms. The molecule has 1 saturated carbocycles. The maximum atomic E-state index is 5.83. The zero-order valence-electron chi connectivity index (χ0n) is 16.4. The quantitative estimate of drug-likeness (QED) is 0.457. The first kappa shape index (κ1) is 18.8. The molecule has 1 aliphatic carbocycles. The van der Waals surface area contributed by atoms with Gasteiger partial charge in [-0.1, -0.05) is 70.5 Å². The fourth-order valence-electron chi connectivity index (χ4n) is 3.86. The second-order valence-corrected chi connectivity index (χ2v) is 10.1. The Bertz CT molecular complexity index is 1000. The van der Waals surface area contributed by atoms with Crippen LogP contribution in [0.15, 0.2) is 30.5 Å². The molecule has 142 valence electrons. The SMILES string of the molecule is CC(C)(C)c1cnc(-c2nn(CC3CCCCC3)c3ccccc3c2=S)s1. The highest BCUT2D eigenvalue weighted by molar-refractivity contribution is 7.71. The van der Waals surface area contributed by atoms with Crippen molar-refractivity contribution in [3.05, 3.63) is 39.8 Å². The fourth-order valence-corrected chi connectivity index (χ4v) is 5.20. The highest BCUT2D eigenvalue weighted by atomic mass is 32.1. The van der Waals surface area contributed by atoms with Crippen LogP contribution in [0.25, 0.3) is 21.6 Å². The van der Waals surface area contributed by atoms with Gasteiger partial charge in [0.25, 0.3) is 0 Å². The Morgan fingerprint density at radius 3 is 2.59 bits per heavy atom. The van der Waals surface area contributed by atoms with E-state index in [4.69, 9.17) is 17.3 Å². The summed E-state index contributed by atoms with van der Waals surface area (Å²) in [5, 5.41) is 7.07. The van der Waals surface area contributed by atoms with Crippen LogP contribution in [-0.2, 0) is 12.0 Å². The first-order valence-corrected chi connectivity index (χ1v) is 11.1. The molecule has 5 heteroatoms. The average molecular weight is 398 g/mol. The first-order valence-electron chi connectivity index (χ1n) is 9.90. The summed E-state index contributed by atoms with van der Waals surface area (Å²) in [6.45, 7) is 7.63. The van der Waals surface area contributed by atoms with Gasteiger partial charge in [-0.2, -0.15) is 5.10 Å². The van der Waals surface area contributed by atoms with E-state index in [0.29, 0.717) is 5.92 Å². The third-order valence-corrected chi connectivity index (χ3v) is 7.31. The van der Waals surface area contributed by atoms with Crippen LogP contribution in [0.4, 0.5) is 0 Å². The van der Waals surface area contributed by atoms with Crippen LogP contribution >= 0.6 is 23.6 Å². The molecule has 0 aliphatic heterocycles. The average Bonchev–Trinajstić information content (AvgIpc) is 3.15. The summed E-state index contributed by atoms with van der Waals surface area (Å²) in [5.41, 5.74) is 2.09. The number of thiazole rings is 1. The summed E-state index contributed by atoms with van der Waals surface area (Å²) in [7, 11) is 0. The van der Waals surface area contributed by atoms with Crippen LogP contribution in [0.1, 0.15) is 57.8 Å². The van der Waals surface area contributed by atoms with Gasteiger partial charge in [-0.3, -0.25) is 4.68 Å². The smallest absolute Gasteiger partial charge is 0.145 e. The monoisotopic (exact) mass is 397 g/mol. The first-order chi connectivity index (χ1) is 12.9. The van der Waals surface area contributed by atoms with E-state index in [-0.39, 0.29) is 5.41 Å². The van der Waals surface area contributed by atoms with Crippen molar-refractivity contribution in [2.75, 3.05) is 0 Å². The van der Waals surface area contributed by atoms with Gasteiger partial charge < -0.3 is 0 Å². The zero-order chi connectivity index (χ0) is 19.0. The van der Waals surface area contributed by atoms with Gasteiger partial charge >= 0.3 is 0 Å². The standard InChI is InChI=1S/C22H27N3S2/c1-22(2,3)18-13-23-21(27-18)19-20(26)16-11-7-8-12-17(16)25(24-19)14-15-9-5-4-6-10-15/h7-8,11-13,15H,4-6,9-10,14H2,1-3H3. The van der Waals surface area contributed by atoms with Crippen LogP contribution in [0.3, 0.4) is 0 Å². The van der Waals surface area contributed by atoms with Crippen molar-refractivity contribution in [3.63, 3.8) is 0 Å². The van der Waals surface area contributed by atoms with Gasteiger partial charge in [0.15, 0.2) is 0 Å². The van der Waals surface area contributed by atoms with Crippen LogP contribution in [0.5, 0.6) is 0 Å². The highest BCUT2D eigenvalue weighted by Gasteiger charge is 2.21. The van der Waals surface area contributed by atoms with E-state index in [2.05, 4.69) is 54.7 Å². The number of para-hydroxylation sites is 1. The number of aromatic nitrogens is 3. The van der Waals surface area contributed by atoms with Gasteiger partial charge in [-0.15, -0.1) is 11.3 Å². The van der Waals surface area contributed by atoms with Crippen molar-refractivity contribution in [2.45, 2.75) is 64.8 Å². The molecule has 3 aromatic rings. The molecular formula is C22H27N3S2. The van der Waals surface area contributed by atoms with Gasteiger partial charge in [0, 0.05) is 23.0 Å². The number of hydrogen-bond acceptors (Lipinski definition) is 4. The number of fused-ring (bicyclic) bond motifs is 1. The normalized spacial score (nSPS) is 16.1. The minimum absolute atomic E-state index is 0.0897. The van der Waals surface area contributed by atoms with Gasteiger partial charge in [-0.25, -0.2) is 4.98 Å². The van der Waals surface area contributed by atoms with Gasteiger partial charge in [0.1, 0.15) is 10.7 Å².